The summed E-state index contributed by atoms with van der Waals surface area (Å²) in [5.41, 5.74) is 0.567. The molecule has 0 spiro atoms. The molecule has 0 unspecified atom stereocenters. The van der Waals surface area contributed by atoms with Gasteiger partial charge in [0.1, 0.15) is 5.75 Å². The van der Waals surface area contributed by atoms with Crippen molar-refractivity contribution in [2.45, 2.75) is 0 Å². The van der Waals surface area contributed by atoms with Crippen molar-refractivity contribution in [3.63, 3.8) is 0 Å². The molecule has 0 saturated heterocycles. The van der Waals surface area contributed by atoms with E-state index in [4.69, 9.17) is 0 Å². The third-order valence-electron chi connectivity index (χ3n) is 3.50. The lowest BCUT2D eigenvalue weighted by atomic mass is 9.82. The largest absolute Gasteiger partial charge is 0.507 e. The van der Waals surface area contributed by atoms with Crippen molar-refractivity contribution < 1.29 is 19.5 Å². The highest BCUT2D eigenvalue weighted by atomic mass is 16.3. The van der Waals surface area contributed by atoms with E-state index >= 15 is 0 Å². The Morgan fingerprint density at radius 3 is 2.18 bits per heavy atom. The molecule has 1 amide bonds. The number of amides is 1. The quantitative estimate of drug-likeness (QED) is 0.561. The molecule has 0 bridgehead atoms. The molecular formula is C17H11NO4. The number of ketones is 2. The Morgan fingerprint density at radius 1 is 1.00 bits per heavy atom. The predicted octanol–water partition coefficient (Wildman–Crippen LogP) is 2.29. The zero-order chi connectivity index (χ0) is 15.9. The summed E-state index contributed by atoms with van der Waals surface area (Å²) in [6.45, 7) is 3.34. The number of carbonyl (C=O) groups excluding carboxylic acids is 3. The van der Waals surface area contributed by atoms with Crippen LogP contribution in [0, 0.1) is 0 Å². The van der Waals surface area contributed by atoms with Crippen LogP contribution in [0.2, 0.25) is 0 Å². The average molecular weight is 293 g/mol. The topological polar surface area (TPSA) is 83.5 Å². The summed E-state index contributed by atoms with van der Waals surface area (Å²) in [7, 11) is 0. The molecule has 0 fully saturated rings. The second-order valence-corrected chi connectivity index (χ2v) is 4.78. The van der Waals surface area contributed by atoms with Crippen molar-refractivity contribution in [3.05, 3.63) is 71.3 Å². The van der Waals surface area contributed by atoms with E-state index in [9.17, 15) is 19.5 Å². The maximum atomic E-state index is 12.7. The van der Waals surface area contributed by atoms with Gasteiger partial charge >= 0.3 is 0 Å². The molecule has 5 nitrogen and oxygen atoms in total. The Labute approximate surface area is 125 Å². The maximum Gasteiger partial charge on any atom is 0.247 e. The molecule has 3 rings (SSSR count). The fourth-order valence-corrected chi connectivity index (χ4v) is 2.49. The molecule has 2 aromatic carbocycles. The molecule has 0 heterocycles. The van der Waals surface area contributed by atoms with Gasteiger partial charge in [0.25, 0.3) is 0 Å². The molecule has 0 radical (unpaired) electrons. The number of phenolic OH excluding ortho intramolecular Hbond substituents is 1. The first-order chi connectivity index (χ1) is 10.5. The van der Waals surface area contributed by atoms with Crippen LogP contribution in [0.3, 0.4) is 0 Å². The van der Waals surface area contributed by atoms with Crippen LogP contribution >= 0.6 is 0 Å². The van der Waals surface area contributed by atoms with Gasteiger partial charge < -0.3 is 10.4 Å². The molecule has 22 heavy (non-hydrogen) atoms. The van der Waals surface area contributed by atoms with Crippen LogP contribution < -0.4 is 5.32 Å². The molecule has 1 aliphatic carbocycles. The summed E-state index contributed by atoms with van der Waals surface area (Å²) in [6, 6.07) is 9.04. The van der Waals surface area contributed by atoms with E-state index in [0.717, 1.165) is 6.08 Å². The normalized spacial score (nSPS) is 12.4. The second-order valence-electron chi connectivity index (χ2n) is 4.78. The van der Waals surface area contributed by atoms with E-state index in [-0.39, 0.29) is 33.7 Å². The van der Waals surface area contributed by atoms with Crippen molar-refractivity contribution in [1.29, 1.82) is 0 Å². The van der Waals surface area contributed by atoms with Crippen molar-refractivity contribution in [2.24, 2.45) is 0 Å². The van der Waals surface area contributed by atoms with E-state index < -0.39 is 17.5 Å². The number of hydrogen-bond donors (Lipinski definition) is 2. The van der Waals surface area contributed by atoms with Gasteiger partial charge in [0.15, 0.2) is 11.6 Å². The van der Waals surface area contributed by atoms with Crippen molar-refractivity contribution in [2.75, 3.05) is 5.32 Å². The van der Waals surface area contributed by atoms with Gasteiger partial charge in [-0.3, -0.25) is 14.4 Å². The zero-order valence-electron chi connectivity index (χ0n) is 11.4. The monoisotopic (exact) mass is 293 g/mol. The van der Waals surface area contributed by atoms with Gasteiger partial charge in [-0.05, 0) is 18.2 Å². The fourth-order valence-electron chi connectivity index (χ4n) is 2.49. The number of aromatic hydroxyl groups is 1. The first-order valence-electron chi connectivity index (χ1n) is 6.52. The number of benzene rings is 2. The molecule has 0 atom stereocenters. The molecular weight excluding hydrogens is 282 g/mol. The Morgan fingerprint density at radius 2 is 1.59 bits per heavy atom. The van der Waals surface area contributed by atoms with E-state index in [2.05, 4.69) is 11.9 Å². The molecule has 2 aromatic rings. The standard InChI is InChI=1S/C17H11NO4/c1-2-13(20)18-11-7-8-12(19)15-14(11)16(21)9-5-3-4-6-10(9)17(15)22/h2-8,19H,1H2,(H,18,20). The lowest BCUT2D eigenvalue weighted by molar-refractivity contribution is -0.111. The highest BCUT2D eigenvalue weighted by Crippen LogP contribution is 2.36. The molecule has 0 aliphatic heterocycles. The predicted molar refractivity (Wildman–Crippen MR) is 80.2 cm³/mol. The van der Waals surface area contributed by atoms with Gasteiger partial charge in [-0.2, -0.15) is 0 Å². The highest BCUT2D eigenvalue weighted by molar-refractivity contribution is 6.31. The fraction of sp³-hybridized carbons (Fsp3) is 0. The van der Waals surface area contributed by atoms with Crippen LogP contribution in [0.25, 0.3) is 0 Å². The second kappa shape index (κ2) is 4.96. The van der Waals surface area contributed by atoms with Crippen LogP contribution in [0.4, 0.5) is 5.69 Å². The summed E-state index contributed by atoms with van der Waals surface area (Å²) in [4.78, 5) is 36.7. The van der Waals surface area contributed by atoms with Gasteiger partial charge in [-0.15, -0.1) is 0 Å². The van der Waals surface area contributed by atoms with E-state index in [1.807, 2.05) is 0 Å². The minimum atomic E-state index is -0.507. The number of hydrogen-bond acceptors (Lipinski definition) is 4. The zero-order valence-corrected chi connectivity index (χ0v) is 11.4. The average Bonchev–Trinajstić information content (AvgIpc) is 2.54. The van der Waals surface area contributed by atoms with Crippen LogP contribution in [0.5, 0.6) is 5.75 Å². The third-order valence-corrected chi connectivity index (χ3v) is 3.50. The first-order valence-corrected chi connectivity index (χ1v) is 6.52. The van der Waals surface area contributed by atoms with Gasteiger partial charge in [-0.1, -0.05) is 30.8 Å². The molecule has 0 aromatic heterocycles. The molecule has 2 N–H and O–H groups in total. The van der Waals surface area contributed by atoms with Gasteiger partial charge in [0, 0.05) is 11.1 Å². The van der Waals surface area contributed by atoms with Gasteiger partial charge in [0.05, 0.1) is 16.8 Å². The number of nitrogens with one attached hydrogen (secondary N) is 1. The van der Waals surface area contributed by atoms with E-state index in [1.165, 1.54) is 18.2 Å². The lowest BCUT2D eigenvalue weighted by Gasteiger charge is -2.21. The Hall–Kier alpha value is -3.21. The number of rotatable bonds is 2. The molecule has 108 valence electrons. The summed E-state index contributed by atoms with van der Waals surface area (Å²) in [5.74, 6) is -1.66. The minimum Gasteiger partial charge on any atom is -0.507 e. The van der Waals surface area contributed by atoms with Gasteiger partial charge in [0.2, 0.25) is 5.91 Å². The Bertz CT molecular complexity index is 852. The highest BCUT2D eigenvalue weighted by Gasteiger charge is 2.34. The SMILES string of the molecule is C=CC(=O)Nc1ccc(O)c2c1C(=O)c1ccccc1C2=O. The van der Waals surface area contributed by atoms with Crippen LogP contribution in [0.15, 0.2) is 49.1 Å². The summed E-state index contributed by atoms with van der Waals surface area (Å²) in [6.07, 6.45) is 1.06. The van der Waals surface area contributed by atoms with Crippen molar-refractivity contribution in [3.8, 4) is 5.75 Å². The van der Waals surface area contributed by atoms with E-state index in [1.54, 1.807) is 18.2 Å². The maximum absolute atomic E-state index is 12.7. The smallest absolute Gasteiger partial charge is 0.247 e. The van der Waals surface area contributed by atoms with Crippen LogP contribution in [0.1, 0.15) is 31.8 Å². The number of anilines is 1. The molecule has 1 aliphatic rings. The number of fused-ring (bicyclic) bond motifs is 2. The minimum absolute atomic E-state index is 0.00102. The Balaban J connectivity index is 2.27. The summed E-state index contributed by atoms with van der Waals surface area (Å²) >= 11 is 0. The summed E-state index contributed by atoms with van der Waals surface area (Å²) in [5, 5.41) is 12.5. The lowest BCUT2D eigenvalue weighted by Crippen LogP contribution is -2.23. The van der Waals surface area contributed by atoms with Crippen LogP contribution in [-0.4, -0.2) is 22.6 Å². The molecule has 5 heteroatoms. The van der Waals surface area contributed by atoms with Crippen molar-refractivity contribution >= 4 is 23.2 Å². The first kappa shape index (κ1) is 13.8. The van der Waals surface area contributed by atoms with Crippen molar-refractivity contribution in [1.82, 2.24) is 0 Å². The van der Waals surface area contributed by atoms with E-state index in [0.29, 0.717) is 0 Å². The number of phenols is 1. The Kier molecular flexibility index (Phi) is 3.10. The van der Waals surface area contributed by atoms with Crippen LogP contribution in [-0.2, 0) is 4.79 Å². The summed E-state index contributed by atoms with van der Waals surface area (Å²) < 4.78 is 0. The number of carbonyl (C=O) groups is 3. The molecule has 0 saturated carbocycles. The third kappa shape index (κ3) is 1.91. The van der Waals surface area contributed by atoms with Gasteiger partial charge in [-0.25, -0.2) is 0 Å².